The molecule has 1 aliphatic heterocycles. The molecular weight excluding hydrogens is 286 g/mol. The van der Waals surface area contributed by atoms with E-state index in [0.717, 1.165) is 23.7 Å². The quantitative estimate of drug-likeness (QED) is 0.872. The summed E-state index contributed by atoms with van der Waals surface area (Å²) in [5.41, 5.74) is 1.06. The predicted molar refractivity (Wildman–Crippen MR) is 82.9 cm³/mol. The minimum absolute atomic E-state index is 0.0390. The number of amides is 2. The summed E-state index contributed by atoms with van der Waals surface area (Å²) >= 11 is 1.56. The van der Waals surface area contributed by atoms with E-state index in [4.69, 9.17) is 0 Å². The molecule has 1 N–H and O–H groups in total. The molecule has 0 bridgehead atoms. The average Bonchev–Trinajstić information content (AvgIpc) is 3.03. The molecule has 6 heteroatoms. The van der Waals surface area contributed by atoms with Crippen LogP contribution in [0.2, 0.25) is 0 Å². The number of aromatic nitrogens is 1. The molecular formula is C15H23N3O2S. The predicted octanol–water partition coefficient (Wildman–Crippen LogP) is 1.83. The minimum Gasteiger partial charge on any atom is -0.349 e. The number of nitrogens with one attached hydrogen (secondary N) is 1. The maximum absolute atomic E-state index is 12.2. The zero-order valence-electron chi connectivity index (χ0n) is 12.9. The first-order chi connectivity index (χ1) is 9.99. The second kappa shape index (κ2) is 7.02. The molecule has 1 atom stereocenters. The fourth-order valence-corrected chi connectivity index (χ4v) is 3.28. The van der Waals surface area contributed by atoms with Crippen LogP contribution >= 0.6 is 11.3 Å². The number of nitrogens with zero attached hydrogens (tertiary/aromatic N) is 2. The summed E-state index contributed by atoms with van der Waals surface area (Å²) in [4.78, 5) is 30.3. The van der Waals surface area contributed by atoms with Gasteiger partial charge in [0.1, 0.15) is 5.01 Å². The van der Waals surface area contributed by atoms with E-state index >= 15 is 0 Å². The molecule has 2 rings (SSSR count). The Hall–Kier alpha value is -1.43. The third kappa shape index (κ3) is 4.27. The van der Waals surface area contributed by atoms with Gasteiger partial charge in [-0.1, -0.05) is 20.8 Å². The van der Waals surface area contributed by atoms with Gasteiger partial charge in [0.05, 0.1) is 18.2 Å². The lowest BCUT2D eigenvalue weighted by Gasteiger charge is -2.18. The van der Waals surface area contributed by atoms with E-state index in [1.807, 2.05) is 5.38 Å². The van der Waals surface area contributed by atoms with Gasteiger partial charge in [-0.15, -0.1) is 11.3 Å². The van der Waals surface area contributed by atoms with Gasteiger partial charge in [0, 0.05) is 24.9 Å². The molecule has 5 nitrogen and oxygen atoms in total. The van der Waals surface area contributed by atoms with E-state index in [-0.39, 0.29) is 17.7 Å². The zero-order valence-corrected chi connectivity index (χ0v) is 13.7. The number of aryl methyl sites for hydroxylation is 1. The van der Waals surface area contributed by atoms with Gasteiger partial charge in [-0.2, -0.15) is 0 Å². The van der Waals surface area contributed by atoms with Crippen LogP contribution in [0.5, 0.6) is 0 Å². The Labute approximate surface area is 129 Å². The van der Waals surface area contributed by atoms with Gasteiger partial charge in [0.25, 0.3) is 0 Å². The summed E-state index contributed by atoms with van der Waals surface area (Å²) < 4.78 is 0. The monoisotopic (exact) mass is 309 g/mol. The van der Waals surface area contributed by atoms with E-state index in [1.54, 1.807) is 16.2 Å². The standard InChI is InChI=1S/C15H23N3O2S/c1-4-12-9-21-13(17-12)6-16-15(20)11-5-14(19)18(8-11)7-10(2)3/h9-11H,4-8H2,1-3H3,(H,16,20). The molecule has 1 saturated heterocycles. The Bertz CT molecular complexity index is 513. The smallest absolute Gasteiger partial charge is 0.225 e. The summed E-state index contributed by atoms with van der Waals surface area (Å²) in [5.74, 6) is 0.259. The fourth-order valence-electron chi connectivity index (χ4n) is 2.46. The summed E-state index contributed by atoms with van der Waals surface area (Å²) in [6, 6.07) is 0. The third-order valence-electron chi connectivity index (χ3n) is 3.55. The van der Waals surface area contributed by atoms with Gasteiger partial charge >= 0.3 is 0 Å². The van der Waals surface area contributed by atoms with E-state index in [2.05, 4.69) is 31.1 Å². The molecule has 0 radical (unpaired) electrons. The molecule has 0 spiro atoms. The first-order valence-electron chi connectivity index (χ1n) is 7.48. The Kier molecular flexibility index (Phi) is 5.33. The summed E-state index contributed by atoms with van der Waals surface area (Å²) in [5, 5.41) is 5.84. The largest absolute Gasteiger partial charge is 0.349 e. The molecule has 0 saturated carbocycles. The number of thiazole rings is 1. The number of carbonyl (C=O) groups is 2. The van der Waals surface area contributed by atoms with Crippen molar-refractivity contribution in [3.63, 3.8) is 0 Å². The van der Waals surface area contributed by atoms with Crippen LogP contribution in [0.1, 0.15) is 37.9 Å². The lowest BCUT2D eigenvalue weighted by atomic mass is 10.1. The second-order valence-corrected chi connectivity index (χ2v) is 6.84. The number of hydrogen-bond acceptors (Lipinski definition) is 4. The van der Waals surface area contributed by atoms with Crippen LogP contribution in [0.4, 0.5) is 0 Å². The average molecular weight is 309 g/mol. The van der Waals surface area contributed by atoms with Crippen molar-refractivity contribution in [2.75, 3.05) is 13.1 Å². The van der Waals surface area contributed by atoms with Crippen LogP contribution in [-0.2, 0) is 22.6 Å². The first-order valence-corrected chi connectivity index (χ1v) is 8.36. The van der Waals surface area contributed by atoms with Crippen molar-refractivity contribution < 1.29 is 9.59 Å². The van der Waals surface area contributed by atoms with Crippen molar-refractivity contribution in [2.24, 2.45) is 11.8 Å². The van der Waals surface area contributed by atoms with Crippen molar-refractivity contribution in [3.05, 3.63) is 16.1 Å². The van der Waals surface area contributed by atoms with Crippen molar-refractivity contribution in [1.82, 2.24) is 15.2 Å². The Balaban J connectivity index is 1.82. The SMILES string of the molecule is CCc1csc(CNC(=O)C2CC(=O)N(CC(C)C)C2)n1. The molecule has 2 amide bonds. The van der Waals surface area contributed by atoms with Gasteiger partial charge in [-0.3, -0.25) is 9.59 Å². The van der Waals surface area contributed by atoms with E-state index in [9.17, 15) is 9.59 Å². The van der Waals surface area contributed by atoms with Crippen LogP contribution in [-0.4, -0.2) is 34.8 Å². The Morgan fingerprint density at radius 2 is 2.33 bits per heavy atom. The lowest BCUT2D eigenvalue weighted by Crippen LogP contribution is -2.33. The summed E-state index contributed by atoms with van der Waals surface area (Å²) in [6.45, 7) is 7.95. The van der Waals surface area contributed by atoms with Crippen LogP contribution in [0.15, 0.2) is 5.38 Å². The highest BCUT2D eigenvalue weighted by Gasteiger charge is 2.34. The van der Waals surface area contributed by atoms with Gasteiger partial charge in [0.15, 0.2) is 0 Å². The summed E-state index contributed by atoms with van der Waals surface area (Å²) in [7, 11) is 0. The maximum atomic E-state index is 12.2. The zero-order chi connectivity index (χ0) is 15.4. The minimum atomic E-state index is -0.221. The van der Waals surface area contributed by atoms with Crippen molar-refractivity contribution in [3.8, 4) is 0 Å². The molecule has 116 valence electrons. The van der Waals surface area contributed by atoms with E-state index in [0.29, 0.717) is 25.4 Å². The topological polar surface area (TPSA) is 62.3 Å². The lowest BCUT2D eigenvalue weighted by molar-refractivity contribution is -0.129. The van der Waals surface area contributed by atoms with Crippen molar-refractivity contribution in [1.29, 1.82) is 0 Å². The molecule has 1 aliphatic rings. The molecule has 1 aromatic heterocycles. The third-order valence-corrected chi connectivity index (χ3v) is 4.44. The number of carbonyl (C=O) groups excluding carboxylic acids is 2. The van der Waals surface area contributed by atoms with Crippen molar-refractivity contribution in [2.45, 2.75) is 40.2 Å². The highest BCUT2D eigenvalue weighted by Crippen LogP contribution is 2.19. The highest BCUT2D eigenvalue weighted by atomic mass is 32.1. The molecule has 0 aliphatic carbocycles. The van der Waals surface area contributed by atoms with Crippen LogP contribution in [0.25, 0.3) is 0 Å². The Morgan fingerprint density at radius 3 is 2.95 bits per heavy atom. The van der Waals surface area contributed by atoms with E-state index < -0.39 is 0 Å². The molecule has 1 unspecified atom stereocenters. The second-order valence-electron chi connectivity index (χ2n) is 5.90. The summed E-state index contributed by atoms with van der Waals surface area (Å²) in [6.07, 6.45) is 1.24. The van der Waals surface area contributed by atoms with E-state index in [1.165, 1.54) is 0 Å². The molecule has 2 heterocycles. The van der Waals surface area contributed by atoms with Crippen molar-refractivity contribution >= 4 is 23.2 Å². The van der Waals surface area contributed by atoms with Crippen LogP contribution in [0, 0.1) is 11.8 Å². The number of likely N-dealkylation sites (tertiary alicyclic amines) is 1. The molecule has 21 heavy (non-hydrogen) atoms. The molecule has 1 aromatic rings. The number of hydrogen-bond donors (Lipinski definition) is 1. The normalized spacial score (nSPS) is 18.6. The maximum Gasteiger partial charge on any atom is 0.225 e. The van der Waals surface area contributed by atoms with Gasteiger partial charge in [0.2, 0.25) is 11.8 Å². The van der Waals surface area contributed by atoms with Crippen LogP contribution in [0.3, 0.4) is 0 Å². The molecule has 0 aromatic carbocycles. The van der Waals surface area contributed by atoms with Gasteiger partial charge in [-0.25, -0.2) is 4.98 Å². The fraction of sp³-hybridized carbons (Fsp3) is 0.667. The van der Waals surface area contributed by atoms with Gasteiger partial charge < -0.3 is 10.2 Å². The highest BCUT2D eigenvalue weighted by molar-refractivity contribution is 7.09. The number of rotatable bonds is 6. The Morgan fingerprint density at radius 1 is 1.57 bits per heavy atom. The van der Waals surface area contributed by atoms with Gasteiger partial charge in [-0.05, 0) is 12.3 Å². The molecule has 1 fully saturated rings. The first kappa shape index (κ1) is 15.9. The van der Waals surface area contributed by atoms with Crippen LogP contribution < -0.4 is 5.32 Å².